The predicted molar refractivity (Wildman–Crippen MR) is 64.7 cm³/mol. The second-order valence-electron chi connectivity index (χ2n) is 3.85. The van der Waals surface area contributed by atoms with E-state index in [9.17, 15) is 14.4 Å². The fourth-order valence-corrected chi connectivity index (χ4v) is 1.42. The maximum Gasteiger partial charge on any atom is 0.326 e. The van der Waals surface area contributed by atoms with E-state index in [0.29, 0.717) is 12.4 Å². The van der Waals surface area contributed by atoms with Crippen LogP contribution in [-0.2, 0) is 22.7 Å². The fourth-order valence-electron chi connectivity index (χ4n) is 1.42. The van der Waals surface area contributed by atoms with E-state index < -0.39 is 30.4 Å². The minimum absolute atomic E-state index is 0.0546. The zero-order chi connectivity index (χ0) is 15.1. The number of carboxylic acid groups (broad SMARTS) is 2. The van der Waals surface area contributed by atoms with E-state index in [-0.39, 0.29) is 6.54 Å². The summed E-state index contributed by atoms with van der Waals surface area (Å²) in [5.74, 6) is -2.23. The molecule has 20 heavy (non-hydrogen) atoms. The van der Waals surface area contributed by atoms with Crippen molar-refractivity contribution in [2.24, 2.45) is 0 Å². The van der Waals surface area contributed by atoms with Crippen molar-refractivity contribution < 1.29 is 24.6 Å². The summed E-state index contributed by atoms with van der Waals surface area (Å²) in [5, 5.41) is 29.2. The van der Waals surface area contributed by atoms with Gasteiger partial charge in [0.25, 0.3) is 0 Å². The molecule has 4 N–H and O–H groups in total. The lowest BCUT2D eigenvalue weighted by Crippen LogP contribution is -2.46. The van der Waals surface area contributed by atoms with Crippen molar-refractivity contribution in [1.29, 1.82) is 0 Å². The Morgan fingerprint density at radius 2 is 2.10 bits per heavy atom. The van der Waals surface area contributed by atoms with E-state index in [4.69, 9.17) is 10.2 Å². The van der Waals surface area contributed by atoms with Crippen molar-refractivity contribution in [3.8, 4) is 0 Å². The summed E-state index contributed by atoms with van der Waals surface area (Å²) in [7, 11) is 0. The maximum atomic E-state index is 11.5. The highest BCUT2D eigenvalue weighted by Gasteiger charge is 2.22. The average Bonchev–Trinajstić information content (AvgIpc) is 2.82. The molecular formula is C10H15N5O5. The van der Waals surface area contributed by atoms with E-state index in [2.05, 4.69) is 20.8 Å². The van der Waals surface area contributed by atoms with Crippen LogP contribution >= 0.6 is 0 Å². The average molecular weight is 285 g/mol. The van der Waals surface area contributed by atoms with Gasteiger partial charge in [0.15, 0.2) is 5.82 Å². The summed E-state index contributed by atoms with van der Waals surface area (Å²) in [5.41, 5.74) is 0. The molecule has 110 valence electrons. The number of hydrogen-bond donors (Lipinski definition) is 4. The zero-order valence-electron chi connectivity index (χ0n) is 10.7. The molecular weight excluding hydrogens is 270 g/mol. The van der Waals surface area contributed by atoms with Crippen molar-refractivity contribution in [3.05, 3.63) is 12.2 Å². The second-order valence-corrected chi connectivity index (χ2v) is 3.85. The minimum atomic E-state index is -1.49. The molecule has 0 saturated carbocycles. The van der Waals surface area contributed by atoms with Crippen LogP contribution in [0.1, 0.15) is 19.2 Å². The number of aryl methyl sites for hydroxylation is 1. The molecule has 0 bridgehead atoms. The summed E-state index contributed by atoms with van der Waals surface area (Å²) in [6, 6.07) is -2.28. The Balaban J connectivity index is 2.50. The number of urea groups is 1. The van der Waals surface area contributed by atoms with Crippen LogP contribution in [0, 0.1) is 0 Å². The zero-order valence-corrected chi connectivity index (χ0v) is 10.7. The van der Waals surface area contributed by atoms with Crippen molar-refractivity contribution in [3.63, 3.8) is 0 Å². The van der Waals surface area contributed by atoms with Crippen molar-refractivity contribution >= 4 is 18.0 Å². The van der Waals surface area contributed by atoms with E-state index in [0.717, 1.165) is 0 Å². The third kappa shape index (κ3) is 4.55. The normalized spacial score (nSPS) is 11.7. The number of rotatable bonds is 7. The quantitative estimate of drug-likeness (QED) is 0.503. The Bertz CT molecular complexity index is 500. The topological polar surface area (TPSA) is 146 Å². The van der Waals surface area contributed by atoms with Crippen LogP contribution in [0.3, 0.4) is 0 Å². The molecule has 10 nitrogen and oxygen atoms in total. The number of nitrogens with one attached hydrogen (secondary N) is 2. The van der Waals surface area contributed by atoms with Gasteiger partial charge in [-0.05, 0) is 6.92 Å². The van der Waals surface area contributed by atoms with E-state index in [1.54, 1.807) is 4.57 Å². The summed E-state index contributed by atoms with van der Waals surface area (Å²) < 4.78 is 1.70. The first kappa shape index (κ1) is 15.4. The third-order valence-corrected chi connectivity index (χ3v) is 2.43. The molecule has 0 spiro atoms. The number of amides is 2. The molecule has 2 amide bonds. The largest absolute Gasteiger partial charge is 0.481 e. The Kier molecular flexibility index (Phi) is 5.44. The van der Waals surface area contributed by atoms with Crippen LogP contribution in [0.4, 0.5) is 4.79 Å². The van der Waals surface area contributed by atoms with Gasteiger partial charge >= 0.3 is 18.0 Å². The standard InChI is InChI=1S/C10H15N5O5/c1-2-15-5-12-14-7(15)4-11-10(20)13-6(9(18)19)3-8(16)17/h5-6H,2-4H2,1H3,(H,16,17)(H,18,19)(H2,11,13,20)/t6-/m0/s1. The monoisotopic (exact) mass is 285 g/mol. The molecule has 0 radical (unpaired) electrons. The van der Waals surface area contributed by atoms with Crippen LogP contribution in [0.15, 0.2) is 6.33 Å². The Morgan fingerprint density at radius 3 is 2.65 bits per heavy atom. The highest BCUT2D eigenvalue weighted by atomic mass is 16.4. The predicted octanol–water partition coefficient (Wildman–Crippen LogP) is -0.975. The Labute approximate surface area is 113 Å². The molecule has 0 aliphatic carbocycles. The molecule has 1 aromatic rings. The first-order valence-corrected chi connectivity index (χ1v) is 5.79. The first-order valence-electron chi connectivity index (χ1n) is 5.79. The van der Waals surface area contributed by atoms with E-state index in [1.807, 2.05) is 6.92 Å². The molecule has 0 saturated heterocycles. The van der Waals surface area contributed by atoms with Gasteiger partial charge in [-0.15, -0.1) is 10.2 Å². The van der Waals surface area contributed by atoms with Gasteiger partial charge in [-0.1, -0.05) is 0 Å². The molecule has 0 aliphatic rings. The van der Waals surface area contributed by atoms with Gasteiger partial charge in [0.1, 0.15) is 12.4 Å². The molecule has 10 heteroatoms. The van der Waals surface area contributed by atoms with Gasteiger partial charge in [-0.3, -0.25) is 4.79 Å². The molecule has 0 aromatic carbocycles. The van der Waals surface area contributed by atoms with E-state index >= 15 is 0 Å². The van der Waals surface area contributed by atoms with Crippen LogP contribution in [0.25, 0.3) is 0 Å². The number of carbonyl (C=O) groups excluding carboxylic acids is 1. The van der Waals surface area contributed by atoms with Crippen LogP contribution in [0.2, 0.25) is 0 Å². The Morgan fingerprint density at radius 1 is 1.40 bits per heavy atom. The third-order valence-electron chi connectivity index (χ3n) is 2.43. The van der Waals surface area contributed by atoms with Gasteiger partial charge in [-0.25, -0.2) is 9.59 Å². The number of aliphatic carboxylic acids is 2. The highest BCUT2D eigenvalue weighted by Crippen LogP contribution is 1.95. The molecule has 0 unspecified atom stereocenters. The lowest BCUT2D eigenvalue weighted by Gasteiger charge is -2.13. The van der Waals surface area contributed by atoms with Crippen molar-refractivity contribution in [2.75, 3.05) is 0 Å². The first-order chi connectivity index (χ1) is 9.43. The number of nitrogens with zero attached hydrogens (tertiary/aromatic N) is 3. The van der Waals surface area contributed by atoms with Crippen LogP contribution < -0.4 is 10.6 Å². The summed E-state index contributed by atoms with van der Waals surface area (Å²) >= 11 is 0. The van der Waals surface area contributed by atoms with Crippen molar-refractivity contribution in [1.82, 2.24) is 25.4 Å². The smallest absolute Gasteiger partial charge is 0.326 e. The summed E-state index contributed by atoms with van der Waals surface area (Å²) in [6.45, 7) is 2.56. The van der Waals surface area contributed by atoms with E-state index in [1.165, 1.54) is 6.33 Å². The van der Waals surface area contributed by atoms with Crippen LogP contribution in [0.5, 0.6) is 0 Å². The fraction of sp³-hybridized carbons (Fsp3) is 0.500. The van der Waals surface area contributed by atoms with Gasteiger partial charge in [-0.2, -0.15) is 0 Å². The Hall–Kier alpha value is -2.65. The minimum Gasteiger partial charge on any atom is -0.481 e. The lowest BCUT2D eigenvalue weighted by atomic mass is 10.2. The second kappa shape index (κ2) is 7.07. The highest BCUT2D eigenvalue weighted by molar-refractivity contribution is 5.86. The molecule has 1 aromatic heterocycles. The van der Waals surface area contributed by atoms with Gasteiger partial charge in [0.05, 0.1) is 13.0 Å². The van der Waals surface area contributed by atoms with Gasteiger partial charge in [0.2, 0.25) is 0 Å². The van der Waals surface area contributed by atoms with Gasteiger partial charge < -0.3 is 25.4 Å². The molecule has 0 aliphatic heterocycles. The number of carbonyl (C=O) groups is 3. The van der Waals surface area contributed by atoms with Crippen molar-refractivity contribution in [2.45, 2.75) is 32.5 Å². The molecule has 1 atom stereocenters. The van der Waals surface area contributed by atoms with Gasteiger partial charge in [0, 0.05) is 6.54 Å². The number of hydrogen-bond acceptors (Lipinski definition) is 5. The number of carboxylic acids is 2. The summed E-state index contributed by atoms with van der Waals surface area (Å²) in [4.78, 5) is 32.7. The molecule has 1 heterocycles. The maximum absolute atomic E-state index is 11.5. The number of aromatic nitrogens is 3. The lowest BCUT2D eigenvalue weighted by molar-refractivity contribution is -0.145. The van der Waals surface area contributed by atoms with Crippen LogP contribution in [-0.4, -0.2) is 49.0 Å². The summed E-state index contributed by atoms with van der Waals surface area (Å²) in [6.07, 6.45) is 0.799. The SMILES string of the molecule is CCn1cnnc1CNC(=O)N[C@@H](CC(=O)O)C(=O)O. The molecule has 1 rings (SSSR count). The molecule has 0 fully saturated rings.